The van der Waals surface area contributed by atoms with Gasteiger partial charge in [0.15, 0.2) is 0 Å². The number of carboxylic acid groups (broad SMARTS) is 1. The molecule has 0 amide bonds. The second-order valence-corrected chi connectivity index (χ2v) is 4.45. The quantitative estimate of drug-likeness (QED) is 0.650. The first-order valence-corrected chi connectivity index (χ1v) is 4.47. The van der Waals surface area contributed by atoms with Crippen LogP contribution in [0.15, 0.2) is 0 Å². The second kappa shape index (κ2) is 2.22. The van der Waals surface area contributed by atoms with Crippen LogP contribution in [0.3, 0.4) is 0 Å². The van der Waals surface area contributed by atoms with Crippen LogP contribution in [0.2, 0.25) is 0 Å². The van der Waals surface area contributed by atoms with Crippen LogP contribution in [0, 0.1) is 10.8 Å². The van der Waals surface area contributed by atoms with Gasteiger partial charge in [0.2, 0.25) is 0 Å². The van der Waals surface area contributed by atoms with Crippen LogP contribution in [0.1, 0.15) is 32.1 Å². The number of aliphatic carboxylic acids is 1. The number of hydrogen-bond donors (Lipinski definition) is 2. The number of carboxylic acids is 1. The first-order valence-electron chi connectivity index (χ1n) is 4.47. The minimum atomic E-state index is -0.817. The highest BCUT2D eigenvalue weighted by Gasteiger charge is 2.60. The maximum Gasteiger partial charge on any atom is 0.312 e. The molecule has 2 rings (SSSR count). The summed E-state index contributed by atoms with van der Waals surface area (Å²) in [6.45, 7) is -0.190. The summed E-state index contributed by atoms with van der Waals surface area (Å²) in [4.78, 5) is 10.8. The Bertz CT molecular complexity index is 210. The Morgan fingerprint density at radius 1 is 1.33 bits per heavy atom. The molecule has 1 spiro atoms. The van der Waals surface area contributed by atoms with E-state index in [4.69, 9.17) is 10.2 Å². The van der Waals surface area contributed by atoms with Crippen LogP contribution >= 0.6 is 0 Å². The van der Waals surface area contributed by atoms with Crippen molar-refractivity contribution < 1.29 is 15.0 Å². The van der Waals surface area contributed by atoms with Gasteiger partial charge < -0.3 is 10.2 Å². The third-order valence-electron chi connectivity index (χ3n) is 3.60. The van der Waals surface area contributed by atoms with E-state index in [-0.39, 0.29) is 6.61 Å². The van der Waals surface area contributed by atoms with Crippen molar-refractivity contribution in [2.75, 3.05) is 6.61 Å². The predicted octanol–water partition coefficient (Wildman–Crippen LogP) is 1.01. The first kappa shape index (κ1) is 8.05. The predicted molar refractivity (Wildman–Crippen MR) is 42.7 cm³/mol. The van der Waals surface area contributed by atoms with Crippen molar-refractivity contribution in [3.63, 3.8) is 0 Å². The highest BCUT2D eigenvalue weighted by molar-refractivity contribution is 5.76. The van der Waals surface area contributed by atoms with Crippen molar-refractivity contribution >= 4 is 5.97 Å². The van der Waals surface area contributed by atoms with Crippen molar-refractivity contribution in [2.45, 2.75) is 32.1 Å². The van der Waals surface area contributed by atoms with E-state index in [9.17, 15) is 4.79 Å². The van der Waals surface area contributed by atoms with Crippen LogP contribution in [-0.4, -0.2) is 22.8 Å². The molecular formula is C9H14O3. The van der Waals surface area contributed by atoms with E-state index in [0.29, 0.717) is 18.3 Å². The van der Waals surface area contributed by atoms with E-state index in [1.165, 1.54) is 19.3 Å². The van der Waals surface area contributed by atoms with Crippen molar-refractivity contribution in [3.05, 3.63) is 0 Å². The molecule has 0 unspecified atom stereocenters. The third kappa shape index (κ3) is 0.829. The maximum absolute atomic E-state index is 10.8. The molecule has 2 aliphatic carbocycles. The fraction of sp³-hybridized carbons (Fsp3) is 0.889. The maximum atomic E-state index is 10.8. The summed E-state index contributed by atoms with van der Waals surface area (Å²) >= 11 is 0. The van der Waals surface area contributed by atoms with E-state index >= 15 is 0 Å². The summed E-state index contributed by atoms with van der Waals surface area (Å²) in [6.07, 6.45) is 4.98. The molecule has 12 heavy (non-hydrogen) atoms. The molecule has 0 heterocycles. The van der Waals surface area contributed by atoms with Gasteiger partial charge in [-0.05, 0) is 31.1 Å². The van der Waals surface area contributed by atoms with Crippen molar-refractivity contribution in [2.24, 2.45) is 10.8 Å². The zero-order chi connectivity index (χ0) is 8.82. The monoisotopic (exact) mass is 170 g/mol. The van der Waals surface area contributed by atoms with Gasteiger partial charge in [-0.2, -0.15) is 0 Å². The molecule has 2 saturated carbocycles. The Morgan fingerprint density at radius 2 is 1.92 bits per heavy atom. The Balaban J connectivity index is 2.03. The SMILES string of the molecule is O=C(O)C1(CO)CC2(CCC2)C1. The van der Waals surface area contributed by atoms with Gasteiger partial charge in [0, 0.05) is 0 Å². The van der Waals surface area contributed by atoms with Gasteiger partial charge in [-0.1, -0.05) is 6.42 Å². The number of aliphatic hydroxyl groups is 1. The highest BCUT2D eigenvalue weighted by atomic mass is 16.4. The van der Waals surface area contributed by atoms with Gasteiger partial charge in [-0.25, -0.2) is 0 Å². The standard InChI is InChI=1S/C9H14O3/c10-6-9(7(11)12)4-8(5-9)2-1-3-8/h10H,1-6H2,(H,11,12). The number of carbonyl (C=O) groups is 1. The number of hydrogen-bond acceptors (Lipinski definition) is 2. The Hall–Kier alpha value is -0.570. The van der Waals surface area contributed by atoms with Gasteiger partial charge in [0.05, 0.1) is 12.0 Å². The molecule has 2 aliphatic rings. The Labute approximate surface area is 71.4 Å². The Morgan fingerprint density at radius 3 is 2.17 bits per heavy atom. The summed E-state index contributed by atoms with van der Waals surface area (Å²) in [7, 11) is 0. The smallest absolute Gasteiger partial charge is 0.312 e. The lowest BCUT2D eigenvalue weighted by molar-refractivity contribution is -0.181. The zero-order valence-corrected chi connectivity index (χ0v) is 7.05. The lowest BCUT2D eigenvalue weighted by Gasteiger charge is -2.58. The number of aliphatic hydroxyl groups excluding tert-OH is 1. The normalized spacial score (nSPS) is 29.1. The molecule has 0 radical (unpaired) electrons. The van der Waals surface area contributed by atoms with E-state index < -0.39 is 11.4 Å². The van der Waals surface area contributed by atoms with Crippen LogP contribution in [0.5, 0.6) is 0 Å². The summed E-state index contributed by atoms with van der Waals surface area (Å²) in [5.41, 5.74) is -0.457. The molecule has 2 N–H and O–H groups in total. The van der Waals surface area contributed by atoms with E-state index in [0.717, 1.165) is 0 Å². The van der Waals surface area contributed by atoms with Gasteiger partial charge >= 0.3 is 5.97 Å². The van der Waals surface area contributed by atoms with Gasteiger partial charge in [0.1, 0.15) is 0 Å². The lowest BCUT2D eigenvalue weighted by Crippen LogP contribution is -2.56. The first-order chi connectivity index (χ1) is 5.63. The Kier molecular flexibility index (Phi) is 1.49. The van der Waals surface area contributed by atoms with Crippen LogP contribution in [0.25, 0.3) is 0 Å². The molecule has 0 aliphatic heterocycles. The average molecular weight is 170 g/mol. The third-order valence-corrected chi connectivity index (χ3v) is 3.60. The van der Waals surface area contributed by atoms with E-state index in [2.05, 4.69) is 0 Å². The summed E-state index contributed by atoms with van der Waals surface area (Å²) in [5, 5.41) is 17.9. The minimum Gasteiger partial charge on any atom is -0.481 e. The topological polar surface area (TPSA) is 57.5 Å². The van der Waals surface area contributed by atoms with Gasteiger partial charge in [-0.15, -0.1) is 0 Å². The van der Waals surface area contributed by atoms with Gasteiger partial charge in [-0.3, -0.25) is 4.79 Å². The van der Waals surface area contributed by atoms with Crippen LogP contribution in [0.4, 0.5) is 0 Å². The molecule has 0 saturated heterocycles. The largest absolute Gasteiger partial charge is 0.481 e. The molecule has 0 bridgehead atoms. The molecule has 0 atom stereocenters. The summed E-state index contributed by atoms with van der Waals surface area (Å²) in [5.74, 6) is -0.817. The van der Waals surface area contributed by atoms with Crippen LogP contribution < -0.4 is 0 Å². The molecule has 3 nitrogen and oxygen atoms in total. The molecule has 2 fully saturated rings. The van der Waals surface area contributed by atoms with Gasteiger partial charge in [0.25, 0.3) is 0 Å². The van der Waals surface area contributed by atoms with E-state index in [1.807, 2.05) is 0 Å². The summed E-state index contributed by atoms with van der Waals surface area (Å²) < 4.78 is 0. The average Bonchev–Trinajstić information content (AvgIpc) is 1.82. The second-order valence-electron chi connectivity index (χ2n) is 4.45. The molecule has 3 heteroatoms. The highest BCUT2D eigenvalue weighted by Crippen LogP contribution is 2.64. The van der Waals surface area contributed by atoms with Crippen LogP contribution in [-0.2, 0) is 4.79 Å². The zero-order valence-electron chi connectivity index (χ0n) is 7.05. The van der Waals surface area contributed by atoms with Crippen molar-refractivity contribution in [3.8, 4) is 0 Å². The van der Waals surface area contributed by atoms with Crippen molar-refractivity contribution in [1.29, 1.82) is 0 Å². The molecule has 0 aromatic carbocycles. The fourth-order valence-corrected chi connectivity index (χ4v) is 2.74. The molecular weight excluding hydrogens is 156 g/mol. The molecule has 0 aromatic rings. The van der Waals surface area contributed by atoms with Crippen molar-refractivity contribution in [1.82, 2.24) is 0 Å². The lowest BCUT2D eigenvalue weighted by atomic mass is 9.45. The molecule has 68 valence electrons. The minimum absolute atomic E-state index is 0.190. The molecule has 0 aromatic heterocycles. The number of rotatable bonds is 2. The fourth-order valence-electron chi connectivity index (χ4n) is 2.74. The summed E-state index contributed by atoms with van der Waals surface area (Å²) in [6, 6.07) is 0. The van der Waals surface area contributed by atoms with E-state index in [1.54, 1.807) is 0 Å².